The van der Waals surface area contributed by atoms with Gasteiger partial charge in [-0.1, -0.05) is 0 Å². The SMILES string of the molecule is O=C(O)c1csc2c(NC3CC(F)(F)C3)ncnc12. The van der Waals surface area contributed by atoms with Crippen LogP contribution < -0.4 is 5.32 Å². The molecule has 0 spiro atoms. The fraction of sp³-hybridized carbons (Fsp3) is 0.364. The number of carboxylic acids is 1. The van der Waals surface area contributed by atoms with Crippen molar-refractivity contribution in [2.45, 2.75) is 24.8 Å². The van der Waals surface area contributed by atoms with Gasteiger partial charge in [0.25, 0.3) is 5.92 Å². The fourth-order valence-electron chi connectivity index (χ4n) is 2.06. The fourth-order valence-corrected chi connectivity index (χ4v) is 3.01. The number of nitrogens with zero attached hydrogens (tertiary/aromatic N) is 2. The molecule has 0 saturated heterocycles. The number of hydrogen-bond acceptors (Lipinski definition) is 5. The molecular weight excluding hydrogens is 276 g/mol. The molecule has 0 aromatic carbocycles. The summed E-state index contributed by atoms with van der Waals surface area (Å²) in [5, 5.41) is 13.4. The van der Waals surface area contributed by atoms with Crippen molar-refractivity contribution in [3.05, 3.63) is 17.3 Å². The Labute approximate surface area is 110 Å². The maximum absolute atomic E-state index is 12.8. The predicted octanol–water partition coefficient (Wildman–Crippen LogP) is 2.60. The Kier molecular flexibility index (Phi) is 2.63. The number of rotatable bonds is 3. The Morgan fingerprint density at radius 3 is 2.84 bits per heavy atom. The number of carboxylic acid groups (broad SMARTS) is 1. The number of hydrogen-bond donors (Lipinski definition) is 2. The van der Waals surface area contributed by atoms with E-state index in [4.69, 9.17) is 5.11 Å². The minimum absolute atomic E-state index is 0.101. The van der Waals surface area contributed by atoms with Gasteiger partial charge in [-0.25, -0.2) is 23.5 Å². The van der Waals surface area contributed by atoms with E-state index in [1.54, 1.807) is 0 Å². The number of halogens is 2. The molecule has 0 bridgehead atoms. The lowest BCUT2D eigenvalue weighted by Crippen LogP contribution is -2.44. The summed E-state index contributed by atoms with van der Waals surface area (Å²) in [5.74, 6) is -3.25. The van der Waals surface area contributed by atoms with Gasteiger partial charge in [-0.15, -0.1) is 11.3 Å². The molecule has 100 valence electrons. The van der Waals surface area contributed by atoms with E-state index in [9.17, 15) is 13.6 Å². The first kappa shape index (κ1) is 12.2. The van der Waals surface area contributed by atoms with Crippen LogP contribution in [-0.4, -0.2) is 33.0 Å². The van der Waals surface area contributed by atoms with Crippen molar-refractivity contribution in [1.29, 1.82) is 0 Å². The number of aromatic carboxylic acids is 1. The monoisotopic (exact) mass is 285 g/mol. The number of alkyl halides is 2. The second-order valence-electron chi connectivity index (χ2n) is 4.46. The van der Waals surface area contributed by atoms with Crippen molar-refractivity contribution < 1.29 is 18.7 Å². The minimum atomic E-state index is -2.61. The van der Waals surface area contributed by atoms with Crippen LogP contribution in [0.5, 0.6) is 0 Å². The van der Waals surface area contributed by atoms with Gasteiger partial charge >= 0.3 is 5.97 Å². The van der Waals surface area contributed by atoms with E-state index in [0.717, 1.165) is 0 Å². The molecule has 1 fully saturated rings. The molecule has 2 N–H and O–H groups in total. The third kappa shape index (κ3) is 2.12. The van der Waals surface area contributed by atoms with Crippen LogP contribution in [-0.2, 0) is 0 Å². The van der Waals surface area contributed by atoms with Crippen molar-refractivity contribution in [3.63, 3.8) is 0 Å². The van der Waals surface area contributed by atoms with Gasteiger partial charge in [0.1, 0.15) is 17.7 Å². The molecule has 8 heteroatoms. The zero-order valence-corrected chi connectivity index (χ0v) is 10.4. The normalized spacial score (nSPS) is 18.2. The van der Waals surface area contributed by atoms with Crippen molar-refractivity contribution in [3.8, 4) is 0 Å². The standard InChI is InChI=1S/C11H9F2N3O2S/c12-11(13)1-5(2-11)16-9-8-7(14-4-15-9)6(3-19-8)10(17)18/h3-5H,1-2H2,(H,17,18)(H,14,15,16). The second kappa shape index (κ2) is 4.09. The van der Waals surface area contributed by atoms with Crippen molar-refractivity contribution in [2.24, 2.45) is 0 Å². The van der Waals surface area contributed by atoms with E-state index in [2.05, 4.69) is 15.3 Å². The first-order valence-corrected chi connectivity index (χ1v) is 6.44. The summed E-state index contributed by atoms with van der Waals surface area (Å²) < 4.78 is 26.1. The summed E-state index contributed by atoms with van der Waals surface area (Å²) in [7, 11) is 0. The van der Waals surface area contributed by atoms with Gasteiger partial charge in [-0.2, -0.15) is 0 Å². The van der Waals surface area contributed by atoms with E-state index in [1.807, 2.05) is 0 Å². The largest absolute Gasteiger partial charge is 0.478 e. The number of anilines is 1. The Morgan fingerprint density at radius 1 is 1.47 bits per heavy atom. The van der Waals surface area contributed by atoms with Crippen molar-refractivity contribution in [2.75, 3.05) is 5.32 Å². The van der Waals surface area contributed by atoms with Gasteiger partial charge in [0.2, 0.25) is 0 Å². The highest BCUT2D eigenvalue weighted by Gasteiger charge is 2.45. The molecule has 3 rings (SSSR count). The molecule has 2 heterocycles. The van der Waals surface area contributed by atoms with Gasteiger partial charge in [0, 0.05) is 24.3 Å². The average molecular weight is 285 g/mol. The molecule has 0 atom stereocenters. The lowest BCUT2D eigenvalue weighted by Gasteiger charge is -2.35. The highest BCUT2D eigenvalue weighted by molar-refractivity contribution is 7.18. The molecule has 0 aliphatic heterocycles. The van der Waals surface area contributed by atoms with Crippen LogP contribution in [0.25, 0.3) is 10.2 Å². The van der Waals surface area contributed by atoms with Crippen LogP contribution in [0.2, 0.25) is 0 Å². The van der Waals surface area contributed by atoms with Crippen LogP contribution in [0.4, 0.5) is 14.6 Å². The molecule has 19 heavy (non-hydrogen) atoms. The zero-order valence-electron chi connectivity index (χ0n) is 9.56. The molecule has 1 saturated carbocycles. The highest BCUT2D eigenvalue weighted by Crippen LogP contribution is 2.40. The molecule has 5 nitrogen and oxygen atoms in total. The van der Waals surface area contributed by atoms with E-state index in [1.165, 1.54) is 23.0 Å². The number of carbonyl (C=O) groups is 1. The number of aromatic nitrogens is 2. The quantitative estimate of drug-likeness (QED) is 0.906. The van der Waals surface area contributed by atoms with Crippen LogP contribution in [0.3, 0.4) is 0 Å². The van der Waals surface area contributed by atoms with E-state index < -0.39 is 11.9 Å². The van der Waals surface area contributed by atoms with Crippen LogP contribution >= 0.6 is 11.3 Å². The number of thiophene rings is 1. The molecular formula is C11H9F2N3O2S. The minimum Gasteiger partial charge on any atom is -0.478 e. The average Bonchev–Trinajstić information content (AvgIpc) is 2.71. The van der Waals surface area contributed by atoms with Crippen LogP contribution in [0, 0.1) is 0 Å². The third-order valence-corrected chi connectivity index (χ3v) is 3.99. The molecule has 2 aromatic heterocycles. The molecule has 0 radical (unpaired) electrons. The number of nitrogens with one attached hydrogen (secondary N) is 1. The lowest BCUT2D eigenvalue weighted by molar-refractivity contribution is -0.0793. The summed E-state index contributed by atoms with van der Waals surface area (Å²) in [6, 6.07) is -0.330. The first-order chi connectivity index (χ1) is 8.96. The predicted molar refractivity (Wildman–Crippen MR) is 66.0 cm³/mol. The second-order valence-corrected chi connectivity index (χ2v) is 5.34. The Hall–Kier alpha value is -1.83. The first-order valence-electron chi connectivity index (χ1n) is 5.56. The van der Waals surface area contributed by atoms with Crippen molar-refractivity contribution >= 4 is 33.3 Å². The van der Waals surface area contributed by atoms with Gasteiger partial charge in [-0.3, -0.25) is 0 Å². The maximum Gasteiger partial charge on any atom is 0.338 e. The summed E-state index contributed by atoms with van der Waals surface area (Å²) in [4.78, 5) is 18.9. The number of fused-ring (bicyclic) bond motifs is 1. The molecule has 0 amide bonds. The van der Waals surface area contributed by atoms with Gasteiger partial charge < -0.3 is 10.4 Å². The summed E-state index contributed by atoms with van der Waals surface area (Å²) in [6.07, 6.45) is 0.784. The van der Waals surface area contributed by atoms with Gasteiger partial charge in [0.05, 0.1) is 10.3 Å². The molecule has 1 aliphatic rings. The summed E-state index contributed by atoms with van der Waals surface area (Å²) in [5.41, 5.74) is 0.436. The highest BCUT2D eigenvalue weighted by atomic mass is 32.1. The Morgan fingerprint density at radius 2 is 2.21 bits per heavy atom. The maximum atomic E-state index is 12.8. The molecule has 2 aromatic rings. The van der Waals surface area contributed by atoms with Crippen LogP contribution in [0.15, 0.2) is 11.7 Å². The van der Waals surface area contributed by atoms with Crippen LogP contribution in [0.1, 0.15) is 23.2 Å². The lowest BCUT2D eigenvalue weighted by atomic mass is 9.88. The zero-order chi connectivity index (χ0) is 13.6. The molecule has 0 unspecified atom stereocenters. The Balaban J connectivity index is 1.90. The third-order valence-electron chi connectivity index (χ3n) is 3.01. The molecule has 1 aliphatic carbocycles. The smallest absolute Gasteiger partial charge is 0.338 e. The van der Waals surface area contributed by atoms with Crippen molar-refractivity contribution in [1.82, 2.24) is 9.97 Å². The van der Waals surface area contributed by atoms with E-state index >= 15 is 0 Å². The topological polar surface area (TPSA) is 75.1 Å². The summed E-state index contributed by atoms with van der Waals surface area (Å²) in [6.45, 7) is 0. The summed E-state index contributed by atoms with van der Waals surface area (Å²) >= 11 is 1.19. The van der Waals surface area contributed by atoms with Gasteiger partial charge in [0.15, 0.2) is 0 Å². The van der Waals surface area contributed by atoms with E-state index in [0.29, 0.717) is 16.0 Å². The Bertz CT molecular complexity index is 650. The van der Waals surface area contributed by atoms with E-state index in [-0.39, 0.29) is 24.4 Å². The van der Waals surface area contributed by atoms with Gasteiger partial charge in [-0.05, 0) is 0 Å².